The Labute approximate surface area is 157 Å². The van der Waals surface area contributed by atoms with Crippen LogP contribution >= 0.6 is 11.8 Å². The van der Waals surface area contributed by atoms with E-state index in [9.17, 15) is 28.5 Å². The summed E-state index contributed by atoms with van der Waals surface area (Å²) in [6.07, 6.45) is 0. The minimum Gasteiger partial charge on any atom is -0.366 e. The predicted octanol–water partition coefficient (Wildman–Crippen LogP) is 2.72. The zero-order valence-corrected chi connectivity index (χ0v) is 15.0. The third-order valence-electron chi connectivity index (χ3n) is 3.64. The summed E-state index contributed by atoms with van der Waals surface area (Å²) in [7, 11) is 1.44. The molecule has 2 aromatic rings. The highest BCUT2D eigenvalue weighted by Gasteiger charge is 2.19. The second kappa shape index (κ2) is 8.58. The SMILES string of the molecule is CN(Cc1ccc(F)cc1F)C(=O)CSc1ccc(C(N)=O)cc1[N+](=O)[O-]. The molecule has 0 heterocycles. The van der Waals surface area contributed by atoms with Gasteiger partial charge in [0.1, 0.15) is 11.6 Å². The molecule has 7 nitrogen and oxygen atoms in total. The standard InChI is InChI=1S/C17H15F2N3O4S/c1-21(8-11-2-4-12(18)7-13(11)19)16(23)9-27-15-5-3-10(17(20)24)6-14(15)22(25)26/h2-7H,8-9H2,1H3,(H2,20,24). The average Bonchev–Trinajstić information content (AvgIpc) is 2.61. The average molecular weight is 395 g/mol. The number of nitrogens with two attached hydrogens (primary N) is 1. The van der Waals surface area contributed by atoms with Crippen molar-refractivity contribution >= 4 is 29.3 Å². The van der Waals surface area contributed by atoms with Crippen LogP contribution in [0.2, 0.25) is 0 Å². The summed E-state index contributed by atoms with van der Waals surface area (Å²) in [5, 5.41) is 11.2. The summed E-state index contributed by atoms with van der Waals surface area (Å²) in [5.74, 6) is -2.83. The Kier molecular flexibility index (Phi) is 6.45. The van der Waals surface area contributed by atoms with Gasteiger partial charge in [-0.2, -0.15) is 0 Å². The van der Waals surface area contributed by atoms with E-state index in [0.717, 1.165) is 30.0 Å². The number of halogens is 2. The first kappa shape index (κ1) is 20.3. The molecule has 0 aliphatic heterocycles. The third kappa shape index (κ3) is 5.23. The van der Waals surface area contributed by atoms with Gasteiger partial charge < -0.3 is 10.6 Å². The van der Waals surface area contributed by atoms with Crippen LogP contribution in [0.5, 0.6) is 0 Å². The topological polar surface area (TPSA) is 107 Å². The van der Waals surface area contributed by atoms with Crippen molar-refractivity contribution in [2.45, 2.75) is 11.4 Å². The van der Waals surface area contributed by atoms with Gasteiger partial charge >= 0.3 is 0 Å². The maximum atomic E-state index is 13.7. The molecule has 0 unspecified atom stereocenters. The number of carbonyl (C=O) groups is 2. The number of thioether (sulfide) groups is 1. The number of benzene rings is 2. The molecule has 0 fully saturated rings. The number of nitro benzene ring substituents is 1. The lowest BCUT2D eigenvalue weighted by Crippen LogP contribution is -2.28. The second-order valence-corrected chi connectivity index (χ2v) is 6.60. The van der Waals surface area contributed by atoms with Crippen molar-refractivity contribution in [2.24, 2.45) is 5.73 Å². The second-order valence-electron chi connectivity index (χ2n) is 5.58. The molecule has 27 heavy (non-hydrogen) atoms. The van der Waals surface area contributed by atoms with Crippen molar-refractivity contribution in [3.63, 3.8) is 0 Å². The number of hydrogen-bond donors (Lipinski definition) is 1. The van der Waals surface area contributed by atoms with Gasteiger partial charge in [0.05, 0.1) is 15.6 Å². The van der Waals surface area contributed by atoms with E-state index in [2.05, 4.69) is 0 Å². The van der Waals surface area contributed by atoms with Crippen LogP contribution in [0.25, 0.3) is 0 Å². The predicted molar refractivity (Wildman–Crippen MR) is 95.2 cm³/mol. The normalized spacial score (nSPS) is 10.5. The lowest BCUT2D eigenvalue weighted by Gasteiger charge is -2.17. The fourth-order valence-corrected chi connectivity index (χ4v) is 3.12. The lowest BCUT2D eigenvalue weighted by molar-refractivity contribution is -0.387. The van der Waals surface area contributed by atoms with E-state index in [-0.39, 0.29) is 34.0 Å². The van der Waals surface area contributed by atoms with E-state index < -0.39 is 28.4 Å². The molecule has 0 aromatic heterocycles. The molecule has 0 bridgehead atoms. The van der Waals surface area contributed by atoms with Crippen molar-refractivity contribution in [1.82, 2.24) is 4.90 Å². The molecule has 2 N–H and O–H groups in total. The van der Waals surface area contributed by atoms with Crippen molar-refractivity contribution in [3.8, 4) is 0 Å². The highest BCUT2D eigenvalue weighted by Crippen LogP contribution is 2.30. The monoisotopic (exact) mass is 395 g/mol. The molecule has 2 rings (SSSR count). The van der Waals surface area contributed by atoms with Gasteiger partial charge in [-0.05, 0) is 18.2 Å². The van der Waals surface area contributed by atoms with Crippen LogP contribution in [0, 0.1) is 21.7 Å². The van der Waals surface area contributed by atoms with Crippen LogP contribution in [0.15, 0.2) is 41.3 Å². The van der Waals surface area contributed by atoms with Crippen molar-refractivity contribution in [2.75, 3.05) is 12.8 Å². The van der Waals surface area contributed by atoms with Crippen molar-refractivity contribution < 1.29 is 23.3 Å². The third-order valence-corrected chi connectivity index (χ3v) is 4.69. The number of nitrogens with zero attached hydrogens (tertiary/aromatic N) is 2. The minimum absolute atomic E-state index is 0.0127. The summed E-state index contributed by atoms with van der Waals surface area (Å²) < 4.78 is 26.6. The molecular weight excluding hydrogens is 380 g/mol. The van der Waals surface area contributed by atoms with Crippen LogP contribution in [-0.4, -0.2) is 34.4 Å². The minimum atomic E-state index is -0.799. The molecule has 142 valence electrons. The Morgan fingerprint density at radius 3 is 2.52 bits per heavy atom. The van der Waals surface area contributed by atoms with Gasteiger partial charge in [0.2, 0.25) is 11.8 Å². The van der Waals surface area contributed by atoms with Gasteiger partial charge in [-0.15, -0.1) is 11.8 Å². The van der Waals surface area contributed by atoms with Crippen LogP contribution in [0.3, 0.4) is 0 Å². The van der Waals surface area contributed by atoms with Crippen LogP contribution < -0.4 is 5.73 Å². The molecule has 0 radical (unpaired) electrons. The quantitative estimate of drug-likeness (QED) is 0.441. The molecule has 0 atom stereocenters. The van der Waals surface area contributed by atoms with Crippen LogP contribution in [-0.2, 0) is 11.3 Å². The van der Waals surface area contributed by atoms with Crippen molar-refractivity contribution in [1.29, 1.82) is 0 Å². The molecule has 0 saturated carbocycles. The fourth-order valence-electron chi connectivity index (χ4n) is 2.18. The first-order valence-electron chi connectivity index (χ1n) is 7.58. The Morgan fingerprint density at radius 2 is 1.93 bits per heavy atom. The smallest absolute Gasteiger partial charge is 0.283 e. The number of hydrogen-bond acceptors (Lipinski definition) is 5. The van der Waals surface area contributed by atoms with Gasteiger partial charge in [0.25, 0.3) is 5.69 Å². The van der Waals surface area contributed by atoms with E-state index in [1.165, 1.54) is 30.1 Å². The highest BCUT2D eigenvalue weighted by atomic mass is 32.2. The highest BCUT2D eigenvalue weighted by molar-refractivity contribution is 8.00. The zero-order valence-electron chi connectivity index (χ0n) is 14.1. The zero-order chi connectivity index (χ0) is 20.1. The van der Waals surface area contributed by atoms with E-state index in [4.69, 9.17) is 5.73 Å². The molecule has 10 heteroatoms. The van der Waals surface area contributed by atoms with E-state index in [0.29, 0.717) is 0 Å². The summed E-state index contributed by atoms with van der Waals surface area (Å²) in [6, 6.07) is 6.79. The molecule has 0 saturated heterocycles. The maximum Gasteiger partial charge on any atom is 0.283 e. The Hall–Kier alpha value is -3.01. The fraction of sp³-hybridized carbons (Fsp3) is 0.176. The van der Waals surface area contributed by atoms with E-state index in [1.54, 1.807) is 0 Å². The number of nitro groups is 1. The number of primary amides is 1. The summed E-state index contributed by atoms with van der Waals surface area (Å²) in [6.45, 7) is -0.0752. The Balaban J connectivity index is 2.06. The number of rotatable bonds is 7. The lowest BCUT2D eigenvalue weighted by atomic mass is 10.2. The van der Waals surface area contributed by atoms with Gasteiger partial charge in [-0.1, -0.05) is 6.07 Å². The Bertz CT molecular complexity index is 908. The Morgan fingerprint density at radius 1 is 1.22 bits per heavy atom. The van der Waals surface area contributed by atoms with Gasteiger partial charge in [0, 0.05) is 36.9 Å². The van der Waals surface area contributed by atoms with Gasteiger partial charge in [-0.25, -0.2) is 8.78 Å². The molecule has 0 aliphatic carbocycles. The van der Waals surface area contributed by atoms with Crippen LogP contribution in [0.4, 0.5) is 14.5 Å². The van der Waals surface area contributed by atoms with Gasteiger partial charge in [-0.3, -0.25) is 19.7 Å². The molecule has 0 aliphatic rings. The van der Waals surface area contributed by atoms with Crippen LogP contribution in [0.1, 0.15) is 15.9 Å². The van der Waals surface area contributed by atoms with Crippen molar-refractivity contribution in [3.05, 3.63) is 69.3 Å². The number of carbonyl (C=O) groups excluding carboxylic acids is 2. The van der Waals surface area contributed by atoms with E-state index >= 15 is 0 Å². The summed E-state index contributed by atoms with van der Waals surface area (Å²) >= 11 is 0.911. The molecular formula is C17H15F2N3O4S. The molecule has 2 amide bonds. The molecule has 0 spiro atoms. The summed E-state index contributed by atoms with van der Waals surface area (Å²) in [5.41, 5.74) is 4.90. The van der Waals surface area contributed by atoms with Gasteiger partial charge in [0.15, 0.2) is 0 Å². The first-order chi connectivity index (χ1) is 12.7. The summed E-state index contributed by atoms with van der Waals surface area (Å²) in [4.78, 5) is 35.3. The number of amides is 2. The largest absolute Gasteiger partial charge is 0.366 e. The maximum absolute atomic E-state index is 13.7. The molecule has 2 aromatic carbocycles. The van der Waals surface area contributed by atoms with E-state index in [1.807, 2.05) is 0 Å². The first-order valence-corrected chi connectivity index (χ1v) is 8.56.